The Morgan fingerprint density at radius 3 is 2.38 bits per heavy atom. The molecule has 0 aliphatic rings. The van der Waals surface area contributed by atoms with Crippen LogP contribution in [-0.2, 0) is 0 Å². The Hall–Kier alpha value is -3.46. The first-order chi connectivity index (χ1) is 11.6. The van der Waals surface area contributed by atoms with Gasteiger partial charge < -0.3 is 0 Å². The molecule has 1 aromatic heterocycles. The molecule has 0 unspecified atom stereocenters. The number of benzene rings is 2. The second-order valence-corrected chi connectivity index (χ2v) is 5.45. The number of carbonyl (C=O) groups is 1. The minimum absolute atomic E-state index is 0.235. The van der Waals surface area contributed by atoms with Gasteiger partial charge in [0.05, 0.1) is 5.69 Å². The lowest BCUT2D eigenvalue weighted by Gasteiger charge is -2.07. The molecule has 0 aliphatic heterocycles. The standard InChI is InChI=1S/C18H15N5O/c1-12-8-10-14(11-9-12)18(24)20-17-16(21-19)13(2)22-23(17)15-6-4-3-5-7-15/h3-11H,1-2H3/p+1. The second kappa shape index (κ2) is 6.34. The van der Waals surface area contributed by atoms with Crippen molar-refractivity contribution in [1.82, 2.24) is 9.78 Å². The van der Waals surface area contributed by atoms with Crippen LogP contribution >= 0.6 is 0 Å². The number of carbonyl (C=O) groups excluding carboxylic acids is 1. The van der Waals surface area contributed by atoms with Gasteiger partial charge in [-0.1, -0.05) is 35.9 Å². The highest BCUT2D eigenvalue weighted by molar-refractivity contribution is 6.05. The van der Waals surface area contributed by atoms with Gasteiger partial charge in [-0.3, -0.25) is 10.1 Å². The number of amides is 1. The maximum absolute atomic E-state index is 12.5. The summed E-state index contributed by atoms with van der Waals surface area (Å²) in [7, 11) is 0. The molecular formula is C18H16N5O+. The molecule has 1 N–H and O–H groups in total. The average molecular weight is 318 g/mol. The third-order valence-electron chi connectivity index (χ3n) is 3.68. The Balaban J connectivity index is 2.02. The molecule has 0 radical (unpaired) electrons. The fourth-order valence-electron chi connectivity index (χ4n) is 2.39. The summed E-state index contributed by atoms with van der Waals surface area (Å²) in [6.07, 6.45) is 0. The highest BCUT2D eigenvalue weighted by Crippen LogP contribution is 2.31. The molecule has 0 aliphatic carbocycles. The molecular weight excluding hydrogens is 302 g/mol. The number of hydrogen-bond donors (Lipinski definition) is 1. The summed E-state index contributed by atoms with van der Waals surface area (Å²) in [6, 6.07) is 16.6. The van der Waals surface area contributed by atoms with Gasteiger partial charge in [0.1, 0.15) is 0 Å². The zero-order valence-electron chi connectivity index (χ0n) is 13.4. The molecule has 118 valence electrons. The van der Waals surface area contributed by atoms with E-state index in [-0.39, 0.29) is 11.6 Å². The fraction of sp³-hybridized carbons (Fsp3) is 0.111. The van der Waals surface area contributed by atoms with Gasteiger partial charge >= 0.3 is 5.69 Å². The quantitative estimate of drug-likeness (QED) is 0.734. The van der Waals surface area contributed by atoms with E-state index < -0.39 is 0 Å². The van der Waals surface area contributed by atoms with Gasteiger partial charge in [-0.05, 0) is 38.1 Å². The first-order valence-electron chi connectivity index (χ1n) is 7.48. The van der Waals surface area contributed by atoms with Crippen molar-refractivity contribution in [1.29, 1.82) is 5.39 Å². The predicted molar refractivity (Wildman–Crippen MR) is 92.2 cm³/mol. The minimum atomic E-state index is -0.294. The van der Waals surface area contributed by atoms with Crippen LogP contribution in [0.4, 0.5) is 11.5 Å². The summed E-state index contributed by atoms with van der Waals surface area (Å²) >= 11 is 0. The lowest BCUT2D eigenvalue weighted by atomic mass is 10.1. The minimum Gasteiger partial charge on any atom is -0.300 e. The molecule has 0 saturated carbocycles. The predicted octanol–water partition coefficient (Wildman–Crippen LogP) is 4.23. The van der Waals surface area contributed by atoms with E-state index in [0.29, 0.717) is 17.1 Å². The van der Waals surface area contributed by atoms with Crippen molar-refractivity contribution in [2.75, 3.05) is 5.32 Å². The van der Waals surface area contributed by atoms with Crippen LogP contribution < -0.4 is 5.32 Å². The average Bonchev–Trinajstić information content (AvgIpc) is 2.91. The lowest BCUT2D eigenvalue weighted by molar-refractivity contribution is 0.102. The zero-order valence-corrected chi connectivity index (χ0v) is 13.4. The smallest absolute Gasteiger partial charge is 0.300 e. The number of nitrogens with one attached hydrogen (secondary N) is 1. The number of nitrogens with zero attached hydrogens (tertiary/aromatic N) is 4. The fourth-order valence-corrected chi connectivity index (χ4v) is 2.39. The van der Waals surface area contributed by atoms with Crippen molar-refractivity contribution in [3.05, 3.63) is 76.4 Å². The van der Waals surface area contributed by atoms with Crippen molar-refractivity contribution in [2.24, 2.45) is 0 Å². The summed E-state index contributed by atoms with van der Waals surface area (Å²) in [6.45, 7) is 3.67. The van der Waals surface area contributed by atoms with E-state index >= 15 is 0 Å². The van der Waals surface area contributed by atoms with Crippen LogP contribution in [-0.4, -0.2) is 15.7 Å². The molecule has 24 heavy (non-hydrogen) atoms. The summed E-state index contributed by atoms with van der Waals surface area (Å²) in [5, 5.41) is 16.5. The molecule has 0 spiro atoms. The number of aryl methyl sites for hydroxylation is 2. The molecule has 0 bridgehead atoms. The van der Waals surface area contributed by atoms with Crippen LogP contribution in [0.25, 0.3) is 10.7 Å². The molecule has 0 atom stereocenters. The Labute approximate surface area is 139 Å². The summed E-state index contributed by atoms with van der Waals surface area (Å²) < 4.78 is 1.55. The van der Waals surface area contributed by atoms with E-state index in [1.54, 1.807) is 23.7 Å². The van der Waals surface area contributed by atoms with Crippen molar-refractivity contribution >= 4 is 17.4 Å². The number of rotatable bonds is 3. The van der Waals surface area contributed by atoms with Gasteiger partial charge in [0.25, 0.3) is 5.91 Å². The van der Waals surface area contributed by atoms with Crippen molar-refractivity contribution < 1.29 is 4.79 Å². The molecule has 0 fully saturated rings. The number of aromatic nitrogens is 2. The molecule has 0 saturated heterocycles. The molecule has 1 amide bonds. The van der Waals surface area contributed by atoms with Crippen molar-refractivity contribution in [3.63, 3.8) is 0 Å². The molecule has 6 nitrogen and oxygen atoms in total. The number of anilines is 1. The molecule has 3 rings (SSSR count). The van der Waals surface area contributed by atoms with E-state index in [1.807, 2.05) is 49.4 Å². The van der Waals surface area contributed by atoms with Gasteiger partial charge in [0.2, 0.25) is 11.2 Å². The monoisotopic (exact) mass is 318 g/mol. The number of para-hydroxylation sites is 1. The summed E-state index contributed by atoms with van der Waals surface area (Å²) in [5.74, 6) is 0.0313. The van der Waals surface area contributed by atoms with E-state index in [9.17, 15) is 10.2 Å². The van der Waals surface area contributed by atoms with E-state index in [4.69, 9.17) is 0 Å². The third-order valence-corrected chi connectivity index (χ3v) is 3.68. The molecule has 2 aromatic carbocycles. The van der Waals surface area contributed by atoms with Crippen molar-refractivity contribution in [3.8, 4) is 5.69 Å². The summed E-state index contributed by atoms with van der Waals surface area (Å²) in [5.41, 5.74) is 3.10. The third kappa shape index (κ3) is 2.88. The highest BCUT2D eigenvalue weighted by atomic mass is 16.1. The van der Waals surface area contributed by atoms with Crippen LogP contribution in [0.15, 0.2) is 54.6 Å². The number of diazo groups is 1. The first-order valence-corrected chi connectivity index (χ1v) is 7.48. The van der Waals surface area contributed by atoms with E-state index in [1.165, 1.54) is 0 Å². The SMILES string of the molecule is Cc1ccc(C(=O)Nc2c([N+]#N)c(C)nn2-c2ccccc2)cc1. The van der Waals surface area contributed by atoms with Crippen LogP contribution in [0.1, 0.15) is 21.6 Å². The Bertz CT molecular complexity index is 921. The topological polar surface area (TPSA) is 75.1 Å². The van der Waals surface area contributed by atoms with Crippen molar-refractivity contribution in [2.45, 2.75) is 13.8 Å². The van der Waals surface area contributed by atoms with E-state index in [0.717, 1.165) is 11.3 Å². The molecule has 6 heteroatoms. The highest BCUT2D eigenvalue weighted by Gasteiger charge is 2.28. The van der Waals surface area contributed by atoms with Crippen LogP contribution in [0, 0.1) is 19.2 Å². The lowest BCUT2D eigenvalue weighted by Crippen LogP contribution is -2.15. The maximum atomic E-state index is 12.5. The van der Waals surface area contributed by atoms with Gasteiger partial charge in [0, 0.05) is 5.56 Å². The molecule has 1 heterocycles. The first kappa shape index (κ1) is 15.4. The van der Waals surface area contributed by atoms with Crippen LogP contribution in [0.3, 0.4) is 0 Å². The van der Waals surface area contributed by atoms with Gasteiger partial charge in [0.15, 0.2) is 10.7 Å². The largest absolute Gasteiger partial charge is 0.449 e. The van der Waals surface area contributed by atoms with Crippen LogP contribution in [0.2, 0.25) is 0 Å². The van der Waals surface area contributed by atoms with Crippen LogP contribution in [0.5, 0.6) is 0 Å². The number of hydrogen-bond acceptors (Lipinski definition) is 3. The van der Waals surface area contributed by atoms with Gasteiger partial charge in [-0.25, -0.2) is 4.68 Å². The maximum Gasteiger partial charge on any atom is 0.449 e. The normalized spacial score (nSPS) is 10.2. The zero-order chi connectivity index (χ0) is 17.1. The Morgan fingerprint density at radius 1 is 1.08 bits per heavy atom. The molecule has 3 aromatic rings. The van der Waals surface area contributed by atoms with E-state index in [2.05, 4.69) is 15.4 Å². The Kier molecular flexibility index (Phi) is 4.08. The summed E-state index contributed by atoms with van der Waals surface area (Å²) in [4.78, 5) is 15.8. The van der Waals surface area contributed by atoms with Gasteiger partial charge in [-0.2, -0.15) is 5.10 Å². The van der Waals surface area contributed by atoms with Gasteiger partial charge in [-0.15, -0.1) is 0 Å². The Morgan fingerprint density at radius 2 is 1.75 bits per heavy atom. The second-order valence-electron chi connectivity index (χ2n) is 5.45.